The highest BCUT2D eigenvalue weighted by molar-refractivity contribution is 7.93. The number of aromatic nitrogens is 3. The van der Waals surface area contributed by atoms with Crippen LogP contribution in [-0.2, 0) is 11.2 Å². The Morgan fingerprint density at radius 1 is 1.14 bits per heavy atom. The summed E-state index contributed by atoms with van der Waals surface area (Å²) in [6.45, 7) is 2.06. The zero-order valence-electron chi connectivity index (χ0n) is 15.8. The molecule has 0 spiro atoms. The molecular weight excluding hydrogens is 407 g/mol. The van der Waals surface area contributed by atoms with Gasteiger partial charge in [0.25, 0.3) is 0 Å². The first-order valence-corrected chi connectivity index (χ1v) is 11.4. The Morgan fingerprint density at radius 2 is 1.93 bits per heavy atom. The van der Waals surface area contributed by atoms with Gasteiger partial charge in [0, 0.05) is 23.5 Å². The Hall–Kier alpha value is -2.55. The number of hydrogen-bond acceptors (Lipinski definition) is 6. The maximum Gasteiger partial charge on any atom is 0.232 e. The summed E-state index contributed by atoms with van der Waals surface area (Å²) in [5.41, 5.74) is 8.94. The molecule has 0 amide bonds. The van der Waals surface area contributed by atoms with E-state index >= 15 is 0 Å². The minimum atomic E-state index is -1.19. The van der Waals surface area contributed by atoms with Crippen LogP contribution in [0.2, 0.25) is 0 Å². The molecule has 148 valence electrons. The van der Waals surface area contributed by atoms with Crippen molar-refractivity contribution in [2.45, 2.75) is 24.0 Å². The lowest BCUT2D eigenvalue weighted by Gasteiger charge is -2.09. The second-order valence-electron chi connectivity index (χ2n) is 6.53. The molecule has 0 radical (unpaired) electrons. The quantitative estimate of drug-likeness (QED) is 0.436. The molecule has 0 aliphatic heterocycles. The van der Waals surface area contributed by atoms with Crippen molar-refractivity contribution in [2.24, 2.45) is 0 Å². The van der Waals surface area contributed by atoms with Crippen molar-refractivity contribution in [3.8, 4) is 22.6 Å². The molecule has 0 fully saturated rings. The van der Waals surface area contributed by atoms with Crippen LogP contribution < -0.4 is 5.73 Å². The Balaban J connectivity index is 1.94. The number of nitrogens with two attached hydrogens (primary N) is 1. The number of halogens is 1. The van der Waals surface area contributed by atoms with Crippen LogP contribution in [0.15, 0.2) is 53.0 Å². The third-order valence-corrected chi connectivity index (χ3v) is 7.48. The van der Waals surface area contributed by atoms with Crippen LogP contribution in [0.1, 0.15) is 19.8 Å². The summed E-state index contributed by atoms with van der Waals surface area (Å²) in [5, 5.41) is 0.661. The van der Waals surface area contributed by atoms with Crippen molar-refractivity contribution in [3.05, 3.63) is 54.6 Å². The van der Waals surface area contributed by atoms with Gasteiger partial charge in [-0.1, -0.05) is 24.7 Å². The van der Waals surface area contributed by atoms with E-state index in [1.807, 2.05) is 12.1 Å². The van der Waals surface area contributed by atoms with E-state index in [9.17, 15) is 8.94 Å². The highest BCUT2D eigenvalue weighted by Crippen LogP contribution is 2.42. The molecule has 4 aromatic rings. The van der Waals surface area contributed by atoms with Crippen molar-refractivity contribution in [2.75, 3.05) is 11.5 Å². The molecule has 0 aliphatic carbocycles. The highest BCUT2D eigenvalue weighted by Gasteiger charge is 2.25. The van der Waals surface area contributed by atoms with Gasteiger partial charge in [-0.05, 0) is 54.0 Å². The maximum absolute atomic E-state index is 13.5. The topological polar surface area (TPSA) is 87.8 Å². The number of nitrogen functional groups attached to an aromatic ring is 1. The van der Waals surface area contributed by atoms with Crippen molar-refractivity contribution in [1.82, 2.24) is 15.0 Å². The molecule has 0 saturated heterocycles. The van der Waals surface area contributed by atoms with Crippen LogP contribution in [0.5, 0.6) is 0 Å². The van der Waals surface area contributed by atoms with Gasteiger partial charge in [-0.2, -0.15) is 0 Å². The second kappa shape index (κ2) is 8.44. The van der Waals surface area contributed by atoms with Gasteiger partial charge in [-0.3, -0.25) is 4.98 Å². The number of rotatable bonds is 6. The van der Waals surface area contributed by atoms with E-state index < -0.39 is 11.2 Å². The van der Waals surface area contributed by atoms with Crippen LogP contribution in [0, 0.1) is 5.82 Å². The smallest absolute Gasteiger partial charge is 0.232 e. The average molecular weight is 427 g/mol. The fraction of sp³-hybridized carbons (Fsp3) is 0.190. The number of anilines is 1. The fourth-order valence-corrected chi connectivity index (χ4v) is 5.75. The molecular formula is C21H19FN4OS2. The summed E-state index contributed by atoms with van der Waals surface area (Å²) >= 11 is 0.139. The van der Waals surface area contributed by atoms with Crippen LogP contribution in [-0.4, -0.2) is 25.3 Å². The highest BCUT2D eigenvalue weighted by atomic mass is 32.2. The standard InChI is InChI=1S/C21H19FN4OS2/c1-2-3-11-29(27)21-17(23)16-18(13-6-8-15(22)9-7-13)25-19(26-20(16)28-21)14-5-4-10-24-12-14/h4-10,12H,2-3,11,23H2,1H3. The number of hydrogen-bond donors (Lipinski definition) is 1. The number of fused-ring (bicyclic) bond motifs is 1. The molecule has 29 heavy (non-hydrogen) atoms. The minimum Gasteiger partial charge on any atom is -0.611 e. The molecule has 0 saturated carbocycles. The van der Waals surface area contributed by atoms with Crippen molar-refractivity contribution in [3.63, 3.8) is 0 Å². The van der Waals surface area contributed by atoms with Gasteiger partial charge in [-0.15, -0.1) is 0 Å². The number of benzene rings is 1. The van der Waals surface area contributed by atoms with Crippen molar-refractivity contribution < 1.29 is 8.94 Å². The van der Waals surface area contributed by atoms with Gasteiger partial charge in [0.05, 0.1) is 11.1 Å². The van der Waals surface area contributed by atoms with Crippen molar-refractivity contribution >= 4 is 38.4 Å². The van der Waals surface area contributed by atoms with Crippen LogP contribution in [0.3, 0.4) is 0 Å². The number of thiophene rings is 1. The van der Waals surface area contributed by atoms with E-state index in [0.29, 0.717) is 37.4 Å². The summed E-state index contributed by atoms with van der Waals surface area (Å²) in [5.74, 6) is 0.728. The Labute approximate surface area is 175 Å². The second-order valence-corrected chi connectivity index (χ2v) is 9.30. The molecule has 0 bridgehead atoms. The van der Waals surface area contributed by atoms with E-state index in [1.165, 1.54) is 23.5 Å². The largest absolute Gasteiger partial charge is 0.611 e. The molecule has 5 nitrogen and oxygen atoms in total. The summed E-state index contributed by atoms with van der Waals surface area (Å²) in [7, 11) is 0. The first-order chi connectivity index (χ1) is 14.1. The number of unbranched alkanes of at least 4 members (excludes halogenated alkanes) is 1. The van der Waals surface area contributed by atoms with Gasteiger partial charge >= 0.3 is 0 Å². The molecule has 1 atom stereocenters. The summed E-state index contributed by atoms with van der Waals surface area (Å²) in [4.78, 5) is 14.2. The Kier molecular flexibility index (Phi) is 5.75. The van der Waals surface area contributed by atoms with E-state index in [0.717, 1.165) is 24.0 Å². The number of pyridine rings is 1. The predicted molar refractivity (Wildman–Crippen MR) is 117 cm³/mol. The van der Waals surface area contributed by atoms with Gasteiger partial charge in [0.15, 0.2) is 5.82 Å². The molecule has 0 aliphatic rings. The number of nitrogens with zero attached hydrogens (tertiary/aromatic N) is 3. The molecule has 2 N–H and O–H groups in total. The van der Waals surface area contributed by atoms with Gasteiger partial charge < -0.3 is 10.3 Å². The molecule has 3 heterocycles. The molecule has 1 unspecified atom stereocenters. The zero-order chi connectivity index (χ0) is 20.4. The Bertz CT molecular complexity index is 1130. The van der Waals surface area contributed by atoms with Gasteiger partial charge in [0.1, 0.15) is 22.1 Å². The summed E-state index contributed by atoms with van der Waals surface area (Å²) < 4.78 is 26.9. The lowest BCUT2D eigenvalue weighted by molar-refractivity contribution is 0.594. The summed E-state index contributed by atoms with van der Waals surface area (Å²) in [6.07, 6.45) is 5.19. The first kappa shape index (κ1) is 19.8. The lowest BCUT2D eigenvalue weighted by Crippen LogP contribution is -2.07. The maximum atomic E-state index is 13.5. The van der Waals surface area contributed by atoms with Crippen molar-refractivity contribution in [1.29, 1.82) is 0 Å². The third kappa shape index (κ3) is 3.96. The predicted octanol–water partition coefficient (Wildman–Crippen LogP) is 5.05. The Morgan fingerprint density at radius 3 is 2.62 bits per heavy atom. The van der Waals surface area contributed by atoms with Crippen LogP contribution in [0.4, 0.5) is 10.1 Å². The molecule has 8 heteroatoms. The molecule has 4 rings (SSSR count). The molecule has 3 aromatic heterocycles. The SMILES string of the molecule is CCCC[S+]([O-])c1sc2nc(-c3cccnc3)nc(-c3ccc(F)cc3)c2c1N. The summed E-state index contributed by atoms with van der Waals surface area (Å²) in [6, 6.07) is 9.78. The molecule has 1 aromatic carbocycles. The fourth-order valence-electron chi connectivity index (χ4n) is 2.98. The third-order valence-electron chi connectivity index (χ3n) is 4.48. The van der Waals surface area contributed by atoms with Gasteiger partial charge in [-0.25, -0.2) is 14.4 Å². The van der Waals surface area contributed by atoms with Crippen LogP contribution >= 0.6 is 11.3 Å². The minimum absolute atomic E-state index is 0.328. The average Bonchev–Trinajstić information content (AvgIpc) is 3.09. The van der Waals surface area contributed by atoms with E-state index in [-0.39, 0.29) is 5.82 Å². The first-order valence-electron chi connectivity index (χ1n) is 9.23. The van der Waals surface area contributed by atoms with E-state index in [4.69, 9.17) is 10.7 Å². The van der Waals surface area contributed by atoms with E-state index in [1.54, 1.807) is 24.5 Å². The monoisotopic (exact) mass is 426 g/mol. The zero-order valence-corrected chi connectivity index (χ0v) is 17.4. The lowest BCUT2D eigenvalue weighted by atomic mass is 10.1. The van der Waals surface area contributed by atoms with E-state index in [2.05, 4.69) is 16.9 Å². The van der Waals surface area contributed by atoms with Gasteiger partial charge in [0.2, 0.25) is 4.21 Å². The van der Waals surface area contributed by atoms with Crippen LogP contribution in [0.25, 0.3) is 32.9 Å². The normalized spacial score (nSPS) is 12.4.